The maximum absolute atomic E-state index is 14.4. The first-order valence-electron chi connectivity index (χ1n) is 8.44. The number of nitrogens with one attached hydrogen (secondary N) is 2. The van der Waals surface area contributed by atoms with Crippen LogP contribution >= 0.6 is 0 Å². The molecular weight excluding hydrogens is 411 g/mol. The van der Waals surface area contributed by atoms with Gasteiger partial charge in [-0.05, 0) is 35.4 Å². The van der Waals surface area contributed by atoms with Gasteiger partial charge in [-0.25, -0.2) is 8.78 Å². The molecule has 1 amide bonds. The fourth-order valence-corrected chi connectivity index (χ4v) is 2.73. The van der Waals surface area contributed by atoms with Crippen molar-refractivity contribution in [3.8, 4) is 16.9 Å². The van der Waals surface area contributed by atoms with Gasteiger partial charge in [0.1, 0.15) is 5.82 Å². The Bertz CT molecular complexity index is 1120. The maximum atomic E-state index is 14.4. The van der Waals surface area contributed by atoms with Crippen molar-refractivity contribution in [2.75, 3.05) is 0 Å². The summed E-state index contributed by atoms with van der Waals surface area (Å²) in [6, 6.07) is 8.95. The van der Waals surface area contributed by atoms with E-state index in [2.05, 4.69) is 15.0 Å². The lowest BCUT2D eigenvalue weighted by atomic mass is 9.98. The first-order valence-corrected chi connectivity index (χ1v) is 8.44. The molecule has 0 aliphatic rings. The number of carbonyl (C=O) groups is 1. The Morgan fingerprint density at radius 1 is 1.03 bits per heavy atom. The van der Waals surface area contributed by atoms with Crippen LogP contribution in [0.4, 0.5) is 22.0 Å². The van der Waals surface area contributed by atoms with E-state index in [4.69, 9.17) is 0 Å². The highest BCUT2D eigenvalue weighted by Gasteiger charge is 2.32. The molecule has 3 aromatic rings. The van der Waals surface area contributed by atoms with E-state index in [1.165, 1.54) is 24.4 Å². The molecule has 10 heteroatoms. The van der Waals surface area contributed by atoms with E-state index < -0.39 is 29.7 Å². The molecule has 2 N–H and O–H groups in total. The molecule has 0 bridgehead atoms. The number of hydrogen-bond donors (Lipinski definition) is 2. The van der Waals surface area contributed by atoms with E-state index in [0.29, 0.717) is 6.07 Å². The third kappa shape index (κ3) is 5.02. The first-order chi connectivity index (χ1) is 14.1. The van der Waals surface area contributed by atoms with Crippen molar-refractivity contribution in [2.45, 2.75) is 12.9 Å². The van der Waals surface area contributed by atoms with Crippen molar-refractivity contribution in [3.05, 3.63) is 87.8 Å². The van der Waals surface area contributed by atoms with Crippen LogP contribution in [0.1, 0.15) is 15.9 Å². The van der Waals surface area contributed by atoms with Crippen LogP contribution in [-0.2, 0) is 6.54 Å². The van der Waals surface area contributed by atoms with Gasteiger partial charge < -0.3 is 15.0 Å². The molecule has 0 atom stereocenters. The molecule has 0 aliphatic heterocycles. The summed E-state index contributed by atoms with van der Waals surface area (Å²) < 4.78 is 69.0. The quantitative estimate of drug-likeness (QED) is 0.605. The van der Waals surface area contributed by atoms with E-state index in [1.807, 2.05) is 0 Å². The second-order valence-electron chi connectivity index (χ2n) is 6.09. The van der Waals surface area contributed by atoms with E-state index in [0.717, 1.165) is 24.3 Å². The van der Waals surface area contributed by atoms with Gasteiger partial charge in [-0.15, -0.1) is 13.2 Å². The lowest BCUT2D eigenvalue weighted by molar-refractivity contribution is -0.275. The van der Waals surface area contributed by atoms with Crippen LogP contribution in [0.3, 0.4) is 0 Å². The normalized spacial score (nSPS) is 11.2. The largest absolute Gasteiger partial charge is 0.573 e. The summed E-state index contributed by atoms with van der Waals surface area (Å²) in [5.74, 6) is -3.68. The van der Waals surface area contributed by atoms with Crippen LogP contribution < -0.4 is 15.6 Å². The van der Waals surface area contributed by atoms with Crippen molar-refractivity contribution in [3.63, 3.8) is 0 Å². The van der Waals surface area contributed by atoms with Gasteiger partial charge in [0.2, 0.25) is 5.56 Å². The highest BCUT2D eigenvalue weighted by molar-refractivity contribution is 5.93. The Kier molecular flexibility index (Phi) is 5.86. The van der Waals surface area contributed by atoms with Crippen molar-refractivity contribution in [1.82, 2.24) is 10.3 Å². The Hall–Kier alpha value is -3.69. The number of halogens is 5. The monoisotopic (exact) mass is 424 g/mol. The van der Waals surface area contributed by atoms with Gasteiger partial charge in [0, 0.05) is 24.4 Å². The van der Waals surface area contributed by atoms with E-state index >= 15 is 0 Å². The van der Waals surface area contributed by atoms with E-state index in [1.54, 1.807) is 0 Å². The Labute approximate surface area is 166 Å². The molecule has 0 saturated carbocycles. The Balaban J connectivity index is 1.86. The molecule has 3 rings (SSSR count). The molecule has 1 aromatic heterocycles. The molecule has 30 heavy (non-hydrogen) atoms. The number of carbonyl (C=O) groups excluding carboxylic acids is 1. The van der Waals surface area contributed by atoms with Gasteiger partial charge in [0.25, 0.3) is 5.91 Å². The molecule has 0 spiro atoms. The number of benzene rings is 2. The summed E-state index contributed by atoms with van der Waals surface area (Å²) >= 11 is 0. The number of ether oxygens (including phenoxy) is 1. The third-order valence-electron chi connectivity index (χ3n) is 4.03. The van der Waals surface area contributed by atoms with Gasteiger partial charge in [-0.3, -0.25) is 9.59 Å². The topological polar surface area (TPSA) is 71.2 Å². The highest BCUT2D eigenvalue weighted by Crippen LogP contribution is 2.32. The number of pyridine rings is 1. The molecule has 0 unspecified atom stereocenters. The molecule has 0 radical (unpaired) electrons. The average molecular weight is 424 g/mol. The van der Waals surface area contributed by atoms with Gasteiger partial charge in [0.05, 0.1) is 5.56 Å². The zero-order valence-electron chi connectivity index (χ0n) is 15.0. The van der Waals surface area contributed by atoms with Crippen LogP contribution in [0, 0.1) is 11.6 Å². The summed E-state index contributed by atoms with van der Waals surface area (Å²) in [5.41, 5.74) is -0.0898. The fraction of sp³-hybridized carbons (Fsp3) is 0.100. The minimum absolute atomic E-state index is 0.0339. The smallest absolute Gasteiger partial charge is 0.403 e. The predicted molar refractivity (Wildman–Crippen MR) is 96.7 cm³/mol. The van der Waals surface area contributed by atoms with Gasteiger partial charge in [-0.2, -0.15) is 0 Å². The summed E-state index contributed by atoms with van der Waals surface area (Å²) in [4.78, 5) is 25.6. The number of alkyl halides is 3. The molecular formula is C20H13F5N2O3. The van der Waals surface area contributed by atoms with E-state index in [-0.39, 0.29) is 34.4 Å². The molecule has 0 saturated heterocycles. The number of aromatic amines is 1. The second kappa shape index (κ2) is 8.36. The van der Waals surface area contributed by atoms with Crippen LogP contribution in [-0.4, -0.2) is 17.3 Å². The van der Waals surface area contributed by atoms with Gasteiger partial charge >= 0.3 is 6.36 Å². The minimum Gasteiger partial charge on any atom is -0.403 e. The van der Waals surface area contributed by atoms with Crippen LogP contribution in [0.2, 0.25) is 0 Å². The number of hydrogen-bond acceptors (Lipinski definition) is 3. The van der Waals surface area contributed by atoms with Gasteiger partial charge in [-0.1, -0.05) is 18.2 Å². The Morgan fingerprint density at radius 3 is 2.43 bits per heavy atom. The number of aromatic nitrogens is 1. The number of amides is 1. The van der Waals surface area contributed by atoms with E-state index in [9.17, 15) is 31.5 Å². The second-order valence-corrected chi connectivity index (χ2v) is 6.09. The van der Waals surface area contributed by atoms with Gasteiger partial charge in [0.15, 0.2) is 11.6 Å². The number of rotatable bonds is 5. The third-order valence-corrected chi connectivity index (χ3v) is 4.03. The molecule has 0 aliphatic carbocycles. The van der Waals surface area contributed by atoms with Crippen LogP contribution in [0.25, 0.3) is 11.1 Å². The first kappa shape index (κ1) is 21.0. The average Bonchev–Trinajstić information content (AvgIpc) is 2.67. The van der Waals surface area contributed by atoms with Crippen LogP contribution in [0.5, 0.6) is 5.75 Å². The summed E-state index contributed by atoms with van der Waals surface area (Å²) in [5, 5.41) is 2.53. The lowest BCUT2D eigenvalue weighted by Gasteiger charge is -2.14. The summed E-state index contributed by atoms with van der Waals surface area (Å²) in [6.07, 6.45) is -3.86. The summed E-state index contributed by atoms with van der Waals surface area (Å²) in [7, 11) is 0. The number of H-pyrrole nitrogens is 1. The van der Waals surface area contributed by atoms with Crippen molar-refractivity contribution >= 4 is 5.91 Å². The lowest BCUT2D eigenvalue weighted by Crippen LogP contribution is -2.24. The molecule has 1 heterocycles. The Morgan fingerprint density at radius 2 is 1.80 bits per heavy atom. The zero-order valence-corrected chi connectivity index (χ0v) is 15.0. The van der Waals surface area contributed by atoms with Crippen molar-refractivity contribution in [1.29, 1.82) is 0 Å². The highest BCUT2D eigenvalue weighted by atomic mass is 19.4. The SMILES string of the molecule is O=C(NCc1cccc(F)c1-c1ccc(OC(F)(F)F)c(F)c1)c1ccc(=O)[nH]c1. The van der Waals surface area contributed by atoms with Crippen molar-refractivity contribution in [2.24, 2.45) is 0 Å². The predicted octanol–water partition coefficient (Wildman–Crippen LogP) is 4.15. The standard InChI is InChI=1S/C20H13F5N2O3/c21-14-3-1-2-12(9-27-19(29)13-5-7-17(28)26-10-13)18(14)11-4-6-16(15(22)8-11)30-20(23,24)25/h1-8,10H,9H2,(H,26,28)(H,27,29). The van der Waals surface area contributed by atoms with Crippen molar-refractivity contribution < 1.29 is 31.5 Å². The molecule has 156 valence electrons. The summed E-state index contributed by atoms with van der Waals surface area (Å²) in [6.45, 7) is -0.159. The molecule has 0 fully saturated rings. The minimum atomic E-state index is -5.07. The molecule has 5 nitrogen and oxygen atoms in total. The fourth-order valence-electron chi connectivity index (χ4n) is 2.73. The zero-order chi connectivity index (χ0) is 21.9. The molecule has 2 aromatic carbocycles. The van der Waals surface area contributed by atoms with Crippen LogP contribution in [0.15, 0.2) is 59.5 Å². The maximum Gasteiger partial charge on any atom is 0.573 e.